The second kappa shape index (κ2) is 11.5. The van der Waals surface area contributed by atoms with Crippen molar-refractivity contribution in [2.45, 2.75) is 12.8 Å². The molecule has 1 saturated heterocycles. The van der Waals surface area contributed by atoms with Gasteiger partial charge >= 0.3 is 0 Å². The molecule has 0 unspecified atom stereocenters. The summed E-state index contributed by atoms with van der Waals surface area (Å²) in [5, 5.41) is 4.93. The van der Waals surface area contributed by atoms with Crippen molar-refractivity contribution in [3.63, 3.8) is 0 Å². The van der Waals surface area contributed by atoms with Crippen LogP contribution in [0, 0.1) is 0 Å². The normalized spacial score (nSPS) is 17.8. The van der Waals surface area contributed by atoms with Crippen LogP contribution in [0.4, 0.5) is 0 Å². The van der Waals surface area contributed by atoms with E-state index in [0.29, 0.717) is 19.0 Å². The number of hydrazone groups is 1. The Morgan fingerprint density at radius 1 is 1.18 bits per heavy atom. The van der Waals surface area contributed by atoms with E-state index in [4.69, 9.17) is 21.1 Å². The van der Waals surface area contributed by atoms with Crippen LogP contribution in [0.2, 0.25) is 5.02 Å². The predicted molar refractivity (Wildman–Crippen MR) is 134 cm³/mol. The molecule has 33 heavy (non-hydrogen) atoms. The number of ether oxygens (including phenoxy) is 2. The van der Waals surface area contributed by atoms with Crippen molar-refractivity contribution in [1.29, 1.82) is 0 Å². The van der Waals surface area contributed by atoms with Crippen molar-refractivity contribution in [2.24, 2.45) is 5.10 Å². The summed E-state index contributed by atoms with van der Waals surface area (Å²) in [7, 11) is 0. The number of hydrogen-bond donors (Lipinski definition) is 1. The van der Waals surface area contributed by atoms with E-state index in [-0.39, 0.29) is 12.5 Å². The number of benzene rings is 2. The van der Waals surface area contributed by atoms with Gasteiger partial charge in [-0.3, -0.25) is 4.79 Å². The van der Waals surface area contributed by atoms with Crippen LogP contribution in [-0.2, 0) is 9.53 Å². The molecular weight excluding hydrogens is 506 g/mol. The third kappa shape index (κ3) is 6.69. The van der Waals surface area contributed by atoms with Crippen LogP contribution in [0.3, 0.4) is 0 Å². The molecule has 0 radical (unpaired) electrons. The molecule has 2 aromatic carbocycles. The number of amides is 1. The lowest BCUT2D eigenvalue weighted by Gasteiger charge is -2.31. The predicted octanol–water partition coefficient (Wildman–Crippen LogP) is 5.05. The monoisotopic (exact) mass is 529 g/mol. The van der Waals surface area contributed by atoms with Crippen LogP contribution in [0.5, 0.6) is 5.75 Å². The summed E-state index contributed by atoms with van der Waals surface area (Å²) < 4.78 is 11.9. The summed E-state index contributed by atoms with van der Waals surface area (Å²) in [6, 6.07) is 15.2. The largest absolute Gasteiger partial charge is 0.484 e. The van der Waals surface area contributed by atoms with Crippen LogP contribution in [0.15, 0.2) is 74.9 Å². The molecule has 0 saturated carbocycles. The molecular formula is C25H25BrClN3O3. The van der Waals surface area contributed by atoms with Crippen LogP contribution in [0.1, 0.15) is 18.4 Å². The Bertz CT molecular complexity index is 1080. The lowest BCUT2D eigenvalue weighted by Crippen LogP contribution is -2.36. The highest BCUT2D eigenvalue weighted by molar-refractivity contribution is 9.10. The Hall–Kier alpha value is -2.61. The molecule has 0 aromatic heterocycles. The van der Waals surface area contributed by atoms with Crippen LogP contribution >= 0.6 is 27.5 Å². The Morgan fingerprint density at radius 3 is 2.73 bits per heavy atom. The van der Waals surface area contributed by atoms with Gasteiger partial charge in [0.2, 0.25) is 0 Å². The SMILES string of the molecule is O=C(COc1cccc(Br)c1)N/N=C/C1=C(N2CCOCC2)C(=C\c2ccc(Cl)cc2)/CC1. The second-order valence-corrected chi connectivity index (χ2v) is 9.09. The zero-order valence-electron chi connectivity index (χ0n) is 18.1. The lowest BCUT2D eigenvalue weighted by atomic mass is 10.1. The summed E-state index contributed by atoms with van der Waals surface area (Å²) in [6.07, 6.45) is 5.73. The van der Waals surface area contributed by atoms with Gasteiger partial charge < -0.3 is 14.4 Å². The smallest absolute Gasteiger partial charge is 0.277 e. The van der Waals surface area contributed by atoms with Crippen molar-refractivity contribution in [1.82, 2.24) is 10.3 Å². The highest BCUT2D eigenvalue weighted by atomic mass is 79.9. The molecule has 2 aromatic rings. The molecule has 1 amide bonds. The summed E-state index contributed by atoms with van der Waals surface area (Å²) in [6.45, 7) is 2.96. The maximum atomic E-state index is 12.2. The Morgan fingerprint density at radius 2 is 1.97 bits per heavy atom. The fraction of sp³-hybridized carbons (Fsp3) is 0.280. The minimum absolute atomic E-state index is 0.106. The topological polar surface area (TPSA) is 63.2 Å². The number of morpholine rings is 1. The number of nitrogens with one attached hydrogen (secondary N) is 1. The van der Waals surface area contributed by atoms with Crippen LogP contribution < -0.4 is 10.2 Å². The highest BCUT2D eigenvalue weighted by Gasteiger charge is 2.25. The first kappa shape index (κ1) is 23.5. The quantitative estimate of drug-likeness (QED) is 0.402. The van der Waals surface area contributed by atoms with E-state index in [1.54, 1.807) is 12.3 Å². The van der Waals surface area contributed by atoms with E-state index in [1.807, 2.05) is 42.5 Å². The molecule has 1 heterocycles. The standard InChI is InChI=1S/C25H25BrClN3O3/c26-21-2-1-3-23(15-21)33-17-24(31)29-28-16-20-7-6-19(14-18-4-8-22(27)9-5-18)25(20)30-10-12-32-13-11-30/h1-5,8-9,14-16H,6-7,10-13,17H2,(H,29,31)/b19-14-,28-16+. The van der Waals surface area contributed by atoms with Gasteiger partial charge in [-0.15, -0.1) is 0 Å². The van der Waals surface area contributed by atoms with E-state index in [1.165, 1.54) is 11.3 Å². The average Bonchev–Trinajstić information content (AvgIpc) is 3.22. The molecule has 0 atom stereocenters. The summed E-state index contributed by atoms with van der Waals surface area (Å²) in [5.41, 5.74) is 7.21. The van der Waals surface area contributed by atoms with Gasteiger partial charge in [0, 0.05) is 28.3 Å². The van der Waals surface area contributed by atoms with Gasteiger partial charge in [-0.1, -0.05) is 45.7 Å². The molecule has 1 fully saturated rings. The molecule has 2 aliphatic rings. The first-order valence-corrected chi connectivity index (χ1v) is 12.0. The van der Waals surface area contributed by atoms with Crippen molar-refractivity contribution in [3.05, 3.63) is 80.4 Å². The van der Waals surface area contributed by atoms with Crippen molar-refractivity contribution in [2.75, 3.05) is 32.9 Å². The lowest BCUT2D eigenvalue weighted by molar-refractivity contribution is -0.123. The number of carbonyl (C=O) groups is 1. The minimum Gasteiger partial charge on any atom is -0.484 e. The number of carbonyl (C=O) groups excluding carboxylic acids is 1. The molecule has 172 valence electrons. The Balaban J connectivity index is 1.45. The molecule has 4 rings (SSSR count). The Labute approximate surface area is 207 Å². The van der Waals surface area contributed by atoms with Gasteiger partial charge in [-0.2, -0.15) is 5.10 Å². The first-order valence-electron chi connectivity index (χ1n) is 10.8. The van der Waals surface area contributed by atoms with Gasteiger partial charge in [0.25, 0.3) is 5.91 Å². The average molecular weight is 531 g/mol. The van der Waals surface area contributed by atoms with E-state index in [9.17, 15) is 4.79 Å². The highest BCUT2D eigenvalue weighted by Crippen LogP contribution is 2.35. The van der Waals surface area contributed by atoms with E-state index in [0.717, 1.165) is 46.6 Å². The molecule has 6 nitrogen and oxygen atoms in total. The molecule has 0 bridgehead atoms. The number of halogens is 2. The molecule has 1 N–H and O–H groups in total. The Kier molecular flexibility index (Phi) is 8.20. The van der Waals surface area contributed by atoms with Crippen molar-refractivity contribution in [3.8, 4) is 5.75 Å². The minimum atomic E-state index is -0.310. The van der Waals surface area contributed by atoms with Gasteiger partial charge in [-0.25, -0.2) is 5.43 Å². The zero-order chi connectivity index (χ0) is 23.0. The third-order valence-electron chi connectivity index (χ3n) is 5.39. The molecule has 1 aliphatic heterocycles. The molecule has 1 aliphatic carbocycles. The van der Waals surface area contributed by atoms with Gasteiger partial charge in [0.15, 0.2) is 6.61 Å². The number of rotatable bonds is 7. The van der Waals surface area contributed by atoms with Crippen LogP contribution in [-0.4, -0.2) is 49.9 Å². The van der Waals surface area contributed by atoms with Gasteiger partial charge in [0.1, 0.15) is 5.75 Å². The fourth-order valence-corrected chi connectivity index (χ4v) is 4.36. The summed E-state index contributed by atoms with van der Waals surface area (Å²) in [4.78, 5) is 14.5. The number of allylic oxidation sites excluding steroid dienone is 2. The van der Waals surface area contributed by atoms with Gasteiger partial charge in [0.05, 0.1) is 19.4 Å². The fourth-order valence-electron chi connectivity index (χ4n) is 3.85. The maximum absolute atomic E-state index is 12.2. The number of nitrogens with zero attached hydrogens (tertiary/aromatic N) is 2. The second-order valence-electron chi connectivity index (χ2n) is 7.73. The van der Waals surface area contributed by atoms with E-state index in [2.05, 4.69) is 37.4 Å². The zero-order valence-corrected chi connectivity index (χ0v) is 20.4. The first-order chi connectivity index (χ1) is 16.1. The van der Waals surface area contributed by atoms with Crippen molar-refractivity contribution < 1.29 is 14.3 Å². The molecule has 0 spiro atoms. The third-order valence-corrected chi connectivity index (χ3v) is 6.13. The van der Waals surface area contributed by atoms with Crippen molar-refractivity contribution >= 4 is 45.7 Å². The van der Waals surface area contributed by atoms with E-state index >= 15 is 0 Å². The maximum Gasteiger partial charge on any atom is 0.277 e. The summed E-state index contributed by atoms with van der Waals surface area (Å²) >= 11 is 9.42. The summed E-state index contributed by atoms with van der Waals surface area (Å²) in [5.74, 6) is 0.309. The molecule has 8 heteroatoms. The van der Waals surface area contributed by atoms with Crippen LogP contribution in [0.25, 0.3) is 6.08 Å². The number of hydrogen-bond acceptors (Lipinski definition) is 5. The van der Waals surface area contributed by atoms with Gasteiger partial charge in [-0.05, 0) is 66.0 Å². The van der Waals surface area contributed by atoms with E-state index < -0.39 is 0 Å².